The Morgan fingerprint density at radius 2 is 1.76 bits per heavy atom. The van der Waals surface area contributed by atoms with E-state index in [2.05, 4.69) is 25.3 Å². The number of anilines is 1. The smallest absolute Gasteiger partial charge is 0.259 e. The van der Waals surface area contributed by atoms with Gasteiger partial charge in [-0.2, -0.15) is 5.10 Å². The monoisotopic (exact) mass is 504 g/mol. The molecule has 0 radical (unpaired) electrons. The third-order valence-electron chi connectivity index (χ3n) is 8.07. The van der Waals surface area contributed by atoms with Crippen molar-refractivity contribution in [3.05, 3.63) is 65.1 Å². The van der Waals surface area contributed by atoms with E-state index >= 15 is 0 Å². The van der Waals surface area contributed by atoms with Crippen LogP contribution in [0.2, 0.25) is 0 Å². The zero-order valence-corrected chi connectivity index (χ0v) is 21.2. The Labute approximate surface area is 216 Å². The lowest BCUT2D eigenvalue weighted by molar-refractivity contribution is 0.00721. The highest BCUT2D eigenvalue weighted by Crippen LogP contribution is 2.40. The molecule has 0 aromatic carbocycles. The number of ether oxygens (including phenoxy) is 1. The lowest BCUT2D eigenvalue weighted by Gasteiger charge is -2.38. The standard InChI is InChI=1S/C28H33FN6O2/c1-18-24(17-32-35(18)27-25(29)14-21(15-31-27)19-2-3-19)28(36)33-22-6-9-26(30-16-22)20-4-7-23(8-5-20)34-10-12-37-13-11-34/h6,9,14-17,19-20,23H,2-5,7-8,10-13H2,1H3,(H,33,36)/t20-,23-. The van der Waals surface area contributed by atoms with Gasteiger partial charge in [-0.1, -0.05) is 0 Å². The minimum Gasteiger partial charge on any atom is -0.379 e. The van der Waals surface area contributed by atoms with Gasteiger partial charge in [0.2, 0.25) is 0 Å². The molecule has 37 heavy (non-hydrogen) atoms. The maximum Gasteiger partial charge on any atom is 0.259 e. The topological polar surface area (TPSA) is 85.2 Å². The maximum absolute atomic E-state index is 14.7. The fraction of sp³-hybridized carbons (Fsp3) is 0.500. The quantitative estimate of drug-likeness (QED) is 0.528. The highest BCUT2D eigenvalue weighted by molar-refractivity contribution is 6.04. The number of nitrogens with one attached hydrogen (secondary N) is 1. The second-order valence-corrected chi connectivity index (χ2v) is 10.5. The Bertz CT molecular complexity index is 1260. The van der Waals surface area contributed by atoms with Crippen molar-refractivity contribution in [2.45, 2.75) is 63.3 Å². The van der Waals surface area contributed by atoms with E-state index in [9.17, 15) is 9.18 Å². The molecule has 3 aromatic rings. The van der Waals surface area contributed by atoms with E-state index < -0.39 is 5.82 Å². The molecule has 3 fully saturated rings. The van der Waals surface area contributed by atoms with Crippen LogP contribution in [0.1, 0.15) is 77.7 Å². The second-order valence-electron chi connectivity index (χ2n) is 10.5. The van der Waals surface area contributed by atoms with Gasteiger partial charge in [-0.05, 0) is 75.1 Å². The van der Waals surface area contributed by atoms with Crippen LogP contribution in [-0.4, -0.2) is 62.9 Å². The SMILES string of the molecule is Cc1c(C(=O)Nc2ccc([C@H]3CC[C@H](N4CCOCC4)CC3)nc2)cnn1-c1ncc(C2CC2)cc1F. The molecule has 1 amide bonds. The molecule has 194 valence electrons. The van der Waals surface area contributed by atoms with Crippen LogP contribution in [0.5, 0.6) is 0 Å². The summed E-state index contributed by atoms with van der Waals surface area (Å²) in [4.78, 5) is 24.5. The predicted octanol–water partition coefficient (Wildman–Crippen LogP) is 4.60. The lowest BCUT2D eigenvalue weighted by Crippen LogP contribution is -2.44. The van der Waals surface area contributed by atoms with Gasteiger partial charge in [0.05, 0.1) is 42.6 Å². The highest BCUT2D eigenvalue weighted by Gasteiger charge is 2.28. The van der Waals surface area contributed by atoms with Crippen LogP contribution >= 0.6 is 0 Å². The molecular formula is C28H33FN6O2. The van der Waals surface area contributed by atoms with Crippen molar-refractivity contribution in [3.8, 4) is 5.82 Å². The fourth-order valence-electron chi connectivity index (χ4n) is 5.69. The molecule has 0 atom stereocenters. The normalized spacial score (nSPS) is 22.6. The molecule has 3 aliphatic rings. The van der Waals surface area contributed by atoms with Gasteiger partial charge in [-0.25, -0.2) is 14.1 Å². The summed E-state index contributed by atoms with van der Waals surface area (Å²) in [6.07, 6.45) is 11.7. The highest BCUT2D eigenvalue weighted by atomic mass is 19.1. The Morgan fingerprint density at radius 3 is 2.43 bits per heavy atom. The van der Waals surface area contributed by atoms with Crippen molar-refractivity contribution in [1.82, 2.24) is 24.6 Å². The molecule has 4 heterocycles. The van der Waals surface area contributed by atoms with Gasteiger partial charge in [0.15, 0.2) is 11.6 Å². The van der Waals surface area contributed by atoms with Crippen molar-refractivity contribution < 1.29 is 13.9 Å². The van der Waals surface area contributed by atoms with Crippen LogP contribution in [0.15, 0.2) is 36.8 Å². The molecule has 1 N–H and O–H groups in total. The first-order valence-corrected chi connectivity index (χ1v) is 13.4. The second kappa shape index (κ2) is 10.3. The van der Waals surface area contributed by atoms with Gasteiger partial charge < -0.3 is 10.1 Å². The first kappa shape index (κ1) is 24.2. The number of carbonyl (C=O) groups excluding carboxylic acids is 1. The van der Waals surface area contributed by atoms with E-state index in [4.69, 9.17) is 4.74 Å². The molecule has 1 saturated heterocycles. The number of rotatable bonds is 6. The van der Waals surface area contributed by atoms with E-state index in [-0.39, 0.29) is 11.7 Å². The maximum atomic E-state index is 14.7. The van der Waals surface area contributed by atoms with E-state index in [1.54, 1.807) is 19.3 Å². The zero-order valence-electron chi connectivity index (χ0n) is 21.2. The van der Waals surface area contributed by atoms with Gasteiger partial charge in [0.25, 0.3) is 5.91 Å². The molecule has 1 aliphatic heterocycles. The van der Waals surface area contributed by atoms with Crippen LogP contribution < -0.4 is 5.32 Å². The summed E-state index contributed by atoms with van der Waals surface area (Å²) in [5.74, 6) is 0.244. The average Bonchev–Trinajstić information content (AvgIpc) is 3.72. The van der Waals surface area contributed by atoms with Gasteiger partial charge in [-0.3, -0.25) is 14.7 Å². The molecular weight excluding hydrogens is 471 g/mol. The van der Waals surface area contributed by atoms with Crippen LogP contribution in [-0.2, 0) is 4.74 Å². The summed E-state index contributed by atoms with van der Waals surface area (Å²) < 4.78 is 21.6. The number of hydrogen-bond acceptors (Lipinski definition) is 6. The largest absolute Gasteiger partial charge is 0.379 e. The van der Waals surface area contributed by atoms with Gasteiger partial charge >= 0.3 is 0 Å². The first-order chi connectivity index (χ1) is 18.1. The Balaban J connectivity index is 1.07. The molecule has 3 aromatic heterocycles. The van der Waals surface area contributed by atoms with Crippen molar-refractivity contribution >= 4 is 11.6 Å². The summed E-state index contributed by atoms with van der Waals surface area (Å²) in [5.41, 5.74) is 3.53. The number of halogens is 1. The summed E-state index contributed by atoms with van der Waals surface area (Å²) in [5, 5.41) is 7.15. The van der Waals surface area contributed by atoms with Crippen LogP contribution in [0.4, 0.5) is 10.1 Å². The number of carbonyl (C=O) groups is 1. The van der Waals surface area contributed by atoms with Crippen molar-refractivity contribution in [2.24, 2.45) is 0 Å². The predicted molar refractivity (Wildman–Crippen MR) is 138 cm³/mol. The first-order valence-electron chi connectivity index (χ1n) is 13.4. The minimum atomic E-state index is -0.429. The van der Waals surface area contributed by atoms with Crippen LogP contribution in [0, 0.1) is 12.7 Å². The molecule has 6 rings (SSSR count). The van der Waals surface area contributed by atoms with Gasteiger partial charge in [-0.15, -0.1) is 0 Å². The number of aromatic nitrogens is 4. The van der Waals surface area contributed by atoms with E-state index in [1.807, 2.05) is 12.1 Å². The number of hydrogen-bond donors (Lipinski definition) is 1. The third-order valence-corrected chi connectivity index (χ3v) is 8.07. The third kappa shape index (κ3) is 5.15. The van der Waals surface area contributed by atoms with E-state index in [1.165, 1.54) is 29.8 Å². The molecule has 9 heteroatoms. The summed E-state index contributed by atoms with van der Waals surface area (Å²) >= 11 is 0. The molecule has 2 aliphatic carbocycles. The van der Waals surface area contributed by atoms with Gasteiger partial charge in [0, 0.05) is 36.9 Å². The van der Waals surface area contributed by atoms with Crippen LogP contribution in [0.25, 0.3) is 5.82 Å². The average molecular weight is 505 g/mol. The minimum absolute atomic E-state index is 0.107. The number of morpholine rings is 1. The van der Waals surface area contributed by atoms with Crippen LogP contribution in [0.3, 0.4) is 0 Å². The number of pyridine rings is 2. The summed E-state index contributed by atoms with van der Waals surface area (Å²) in [6.45, 7) is 5.51. The summed E-state index contributed by atoms with van der Waals surface area (Å²) in [6, 6.07) is 6.11. The van der Waals surface area contributed by atoms with Gasteiger partial charge in [0.1, 0.15) is 0 Å². The molecule has 0 spiro atoms. The van der Waals surface area contributed by atoms with Crippen molar-refractivity contribution in [1.29, 1.82) is 0 Å². The Hall–Kier alpha value is -3.17. The molecule has 0 bridgehead atoms. The Kier molecular flexibility index (Phi) is 6.73. The zero-order chi connectivity index (χ0) is 25.4. The van der Waals surface area contributed by atoms with Crippen molar-refractivity contribution in [2.75, 3.05) is 31.6 Å². The lowest BCUT2D eigenvalue weighted by atomic mass is 9.83. The van der Waals surface area contributed by atoms with E-state index in [0.29, 0.717) is 34.8 Å². The van der Waals surface area contributed by atoms with Crippen molar-refractivity contribution in [3.63, 3.8) is 0 Å². The molecule has 2 saturated carbocycles. The number of amides is 1. The number of nitrogens with zero attached hydrogens (tertiary/aromatic N) is 5. The fourth-order valence-corrected chi connectivity index (χ4v) is 5.69. The Morgan fingerprint density at radius 1 is 1.00 bits per heavy atom. The summed E-state index contributed by atoms with van der Waals surface area (Å²) in [7, 11) is 0. The molecule has 8 nitrogen and oxygen atoms in total. The molecule has 0 unspecified atom stereocenters. The van der Waals surface area contributed by atoms with E-state index in [0.717, 1.165) is 63.2 Å².